The molecule has 0 unspecified atom stereocenters. The monoisotopic (exact) mass is 206 g/mol. The van der Waals surface area contributed by atoms with E-state index >= 15 is 0 Å². The molecule has 1 saturated carbocycles. The van der Waals surface area contributed by atoms with Gasteiger partial charge in [0.1, 0.15) is 6.10 Å². The number of morpholine rings is 1. The summed E-state index contributed by atoms with van der Waals surface area (Å²) in [4.78, 5) is 11.4. The molecule has 0 radical (unpaired) electrons. The highest BCUT2D eigenvalue weighted by Gasteiger charge is 2.28. The molecule has 2 aliphatic rings. The molecule has 0 aromatic carbocycles. The topological polar surface area (TPSA) is 50.4 Å². The molecule has 13 heavy (non-hydrogen) atoms. The van der Waals surface area contributed by atoms with E-state index in [1.165, 1.54) is 0 Å². The maximum atomic E-state index is 11.4. The number of halogens is 1. The molecular weight excluding hydrogens is 192 g/mol. The Morgan fingerprint density at radius 2 is 2.23 bits per heavy atom. The van der Waals surface area contributed by atoms with Crippen molar-refractivity contribution < 1.29 is 9.53 Å². The molecule has 76 valence electrons. The zero-order valence-corrected chi connectivity index (χ0v) is 8.23. The van der Waals surface area contributed by atoms with Gasteiger partial charge in [0.15, 0.2) is 0 Å². The summed E-state index contributed by atoms with van der Waals surface area (Å²) in [6.45, 7) is 2.15. The van der Waals surface area contributed by atoms with Gasteiger partial charge in [-0.1, -0.05) is 0 Å². The predicted octanol–water partition coefficient (Wildman–Crippen LogP) is -0.325. The minimum absolute atomic E-state index is 0. The zero-order chi connectivity index (χ0) is 8.39. The fourth-order valence-corrected chi connectivity index (χ4v) is 1.26. The number of amides is 1. The molecule has 1 amide bonds. The smallest absolute Gasteiger partial charge is 0.250 e. The van der Waals surface area contributed by atoms with Crippen LogP contribution in [-0.2, 0) is 9.53 Å². The lowest BCUT2D eigenvalue weighted by Crippen LogP contribution is -2.48. The molecule has 1 aliphatic heterocycles. The lowest BCUT2D eigenvalue weighted by Gasteiger charge is -2.22. The van der Waals surface area contributed by atoms with Gasteiger partial charge in [-0.3, -0.25) is 4.79 Å². The molecule has 1 saturated heterocycles. The molecule has 2 fully saturated rings. The summed E-state index contributed by atoms with van der Waals surface area (Å²) >= 11 is 0. The predicted molar refractivity (Wildman–Crippen MR) is 51.0 cm³/mol. The maximum Gasteiger partial charge on any atom is 0.250 e. The second-order valence-corrected chi connectivity index (χ2v) is 3.35. The molecule has 4 nitrogen and oxygen atoms in total. The first kappa shape index (κ1) is 10.8. The average molecular weight is 207 g/mol. The van der Waals surface area contributed by atoms with Gasteiger partial charge < -0.3 is 15.4 Å². The Labute approximate surface area is 83.8 Å². The lowest BCUT2D eigenvalue weighted by molar-refractivity contribution is -0.134. The van der Waals surface area contributed by atoms with E-state index in [1.807, 2.05) is 0 Å². The van der Waals surface area contributed by atoms with Crippen molar-refractivity contribution in [3.8, 4) is 0 Å². The normalized spacial score (nSPS) is 27.5. The van der Waals surface area contributed by atoms with Crippen molar-refractivity contribution in [1.29, 1.82) is 0 Å². The van der Waals surface area contributed by atoms with Crippen LogP contribution in [0.3, 0.4) is 0 Å². The van der Waals surface area contributed by atoms with Gasteiger partial charge in [-0.25, -0.2) is 0 Å². The summed E-state index contributed by atoms with van der Waals surface area (Å²) in [5.74, 6) is 0.0460. The van der Waals surface area contributed by atoms with Crippen LogP contribution in [0.15, 0.2) is 0 Å². The van der Waals surface area contributed by atoms with Crippen molar-refractivity contribution in [1.82, 2.24) is 10.6 Å². The van der Waals surface area contributed by atoms with Crippen molar-refractivity contribution in [3.05, 3.63) is 0 Å². The van der Waals surface area contributed by atoms with Crippen LogP contribution in [0.5, 0.6) is 0 Å². The van der Waals surface area contributed by atoms with Gasteiger partial charge >= 0.3 is 0 Å². The van der Waals surface area contributed by atoms with E-state index in [0.29, 0.717) is 19.2 Å². The first-order valence-electron chi connectivity index (χ1n) is 4.49. The number of carbonyl (C=O) groups excluding carboxylic acids is 1. The Hall–Kier alpha value is -0.320. The first-order valence-corrected chi connectivity index (χ1v) is 4.49. The summed E-state index contributed by atoms with van der Waals surface area (Å²) in [6, 6.07) is 0.433. The average Bonchev–Trinajstić information content (AvgIpc) is 2.90. The van der Waals surface area contributed by atoms with Crippen LogP contribution in [0.1, 0.15) is 12.8 Å². The zero-order valence-electron chi connectivity index (χ0n) is 7.41. The highest BCUT2D eigenvalue weighted by molar-refractivity contribution is 5.85. The molecule has 2 rings (SSSR count). The molecule has 0 aromatic heterocycles. The van der Waals surface area contributed by atoms with Gasteiger partial charge in [0.05, 0.1) is 6.61 Å². The largest absolute Gasteiger partial charge is 0.366 e. The van der Waals surface area contributed by atoms with Gasteiger partial charge in [0.2, 0.25) is 0 Å². The summed E-state index contributed by atoms with van der Waals surface area (Å²) in [6.07, 6.45) is 2.00. The summed E-state index contributed by atoms with van der Waals surface area (Å²) in [7, 11) is 0. The van der Waals surface area contributed by atoms with E-state index in [0.717, 1.165) is 19.4 Å². The van der Waals surface area contributed by atoms with Crippen molar-refractivity contribution >= 4 is 18.3 Å². The fourth-order valence-electron chi connectivity index (χ4n) is 1.26. The highest BCUT2D eigenvalue weighted by Crippen LogP contribution is 2.18. The van der Waals surface area contributed by atoms with Crippen LogP contribution in [0.2, 0.25) is 0 Å². The minimum atomic E-state index is -0.264. The van der Waals surface area contributed by atoms with Crippen LogP contribution in [0.25, 0.3) is 0 Å². The summed E-state index contributed by atoms with van der Waals surface area (Å²) in [5, 5.41) is 6.04. The minimum Gasteiger partial charge on any atom is -0.366 e. The van der Waals surface area contributed by atoms with E-state index in [4.69, 9.17) is 4.74 Å². The second-order valence-electron chi connectivity index (χ2n) is 3.35. The van der Waals surface area contributed by atoms with Crippen LogP contribution >= 0.6 is 12.4 Å². The van der Waals surface area contributed by atoms with E-state index in [-0.39, 0.29) is 24.4 Å². The van der Waals surface area contributed by atoms with E-state index in [2.05, 4.69) is 10.6 Å². The molecule has 0 spiro atoms. The molecule has 1 heterocycles. The Morgan fingerprint density at radius 3 is 2.77 bits per heavy atom. The quantitative estimate of drug-likeness (QED) is 0.651. The van der Waals surface area contributed by atoms with E-state index in [9.17, 15) is 4.79 Å². The van der Waals surface area contributed by atoms with Gasteiger partial charge in [-0.2, -0.15) is 0 Å². The number of ether oxygens (including phenoxy) is 1. The summed E-state index contributed by atoms with van der Waals surface area (Å²) < 4.78 is 5.29. The number of hydrogen-bond donors (Lipinski definition) is 2. The fraction of sp³-hybridized carbons (Fsp3) is 0.875. The van der Waals surface area contributed by atoms with E-state index < -0.39 is 0 Å². The van der Waals surface area contributed by atoms with Gasteiger partial charge in [-0.05, 0) is 12.8 Å². The third-order valence-electron chi connectivity index (χ3n) is 2.14. The third kappa shape index (κ3) is 3.14. The first-order chi connectivity index (χ1) is 5.86. The molecule has 0 aromatic rings. The third-order valence-corrected chi connectivity index (χ3v) is 2.14. The van der Waals surface area contributed by atoms with Crippen molar-refractivity contribution in [2.45, 2.75) is 25.0 Å². The summed E-state index contributed by atoms with van der Waals surface area (Å²) in [5.41, 5.74) is 0. The van der Waals surface area contributed by atoms with Crippen LogP contribution in [0.4, 0.5) is 0 Å². The number of carbonyl (C=O) groups is 1. The Kier molecular flexibility index (Phi) is 3.96. The maximum absolute atomic E-state index is 11.4. The van der Waals surface area contributed by atoms with Crippen molar-refractivity contribution in [2.75, 3.05) is 19.7 Å². The molecular formula is C8H15ClN2O2. The molecule has 0 bridgehead atoms. The standard InChI is InChI=1S/C8H14N2O2.ClH/c11-8(10-6-1-2-6)7-5-9-3-4-12-7;/h6-7,9H,1-5H2,(H,10,11);1H/t7-;/m0./s1. The Balaban J connectivity index is 0.000000845. The number of hydrogen-bond acceptors (Lipinski definition) is 3. The number of nitrogens with one attached hydrogen (secondary N) is 2. The molecule has 2 N–H and O–H groups in total. The van der Waals surface area contributed by atoms with Gasteiger partial charge in [0, 0.05) is 19.1 Å². The Morgan fingerprint density at radius 1 is 1.46 bits per heavy atom. The van der Waals surface area contributed by atoms with Crippen LogP contribution in [-0.4, -0.2) is 37.7 Å². The van der Waals surface area contributed by atoms with Crippen molar-refractivity contribution in [3.63, 3.8) is 0 Å². The SMILES string of the molecule is Cl.O=C(NC1CC1)[C@@H]1CNCCO1. The van der Waals surface area contributed by atoms with Gasteiger partial charge in [-0.15, -0.1) is 12.4 Å². The number of rotatable bonds is 2. The van der Waals surface area contributed by atoms with Crippen LogP contribution in [0, 0.1) is 0 Å². The molecule has 1 atom stereocenters. The van der Waals surface area contributed by atoms with Crippen molar-refractivity contribution in [2.24, 2.45) is 0 Å². The second kappa shape index (κ2) is 4.79. The highest BCUT2D eigenvalue weighted by atomic mass is 35.5. The Bertz CT molecular complexity index is 179. The lowest BCUT2D eigenvalue weighted by atomic mass is 10.3. The molecule has 1 aliphatic carbocycles. The molecule has 5 heteroatoms. The van der Waals surface area contributed by atoms with Crippen LogP contribution < -0.4 is 10.6 Å². The van der Waals surface area contributed by atoms with Gasteiger partial charge in [0.25, 0.3) is 5.91 Å². The van der Waals surface area contributed by atoms with E-state index in [1.54, 1.807) is 0 Å².